The molecule has 1 N–H and O–H groups in total. The van der Waals surface area contributed by atoms with Gasteiger partial charge >= 0.3 is 16.5 Å². The Bertz CT molecular complexity index is 1140. The van der Waals surface area contributed by atoms with Crippen LogP contribution in [-0.2, 0) is 33.6 Å². The van der Waals surface area contributed by atoms with E-state index in [0.29, 0.717) is 16.4 Å². The average Bonchev–Trinajstić information content (AvgIpc) is 3.30. The number of aromatic nitrogens is 2. The maximum absolute atomic E-state index is 13.4. The average molecular weight is 545 g/mol. The minimum atomic E-state index is -2.44. The van der Waals surface area contributed by atoms with Crippen LogP contribution in [0.4, 0.5) is 4.39 Å². The van der Waals surface area contributed by atoms with E-state index in [4.69, 9.17) is 20.6 Å². The van der Waals surface area contributed by atoms with Gasteiger partial charge in [-0.1, -0.05) is 23.7 Å². The highest BCUT2D eigenvalue weighted by molar-refractivity contribution is 7.33. The molecule has 35 heavy (non-hydrogen) atoms. The Hall–Kier alpha value is -2.13. The Balaban J connectivity index is 1.89. The fraction of sp³-hybridized carbons (Fsp3) is 0.318. The highest BCUT2D eigenvalue weighted by atomic mass is 35.5. The summed E-state index contributed by atoms with van der Waals surface area (Å²) in [4.78, 5) is 0. The van der Waals surface area contributed by atoms with E-state index in [9.17, 15) is 18.6 Å². The van der Waals surface area contributed by atoms with Crippen LogP contribution in [0, 0.1) is 5.82 Å². The Kier molecular flexibility index (Phi) is 9.98. The van der Waals surface area contributed by atoms with Crippen LogP contribution in [0.2, 0.25) is 5.02 Å². The summed E-state index contributed by atoms with van der Waals surface area (Å²) in [6.45, 7) is -0.810. The summed E-state index contributed by atoms with van der Waals surface area (Å²) in [5.41, 5.74) is 1.18. The molecule has 13 heteroatoms. The van der Waals surface area contributed by atoms with Gasteiger partial charge in [0, 0.05) is 25.9 Å². The first-order valence-corrected chi connectivity index (χ1v) is 12.9. The molecule has 0 fully saturated rings. The second-order valence-corrected chi connectivity index (χ2v) is 10.1. The normalized spacial score (nSPS) is 14.0. The topological polar surface area (TPSA) is 109 Å². The van der Waals surface area contributed by atoms with Crippen molar-refractivity contribution in [3.63, 3.8) is 0 Å². The van der Waals surface area contributed by atoms with E-state index in [1.54, 1.807) is 35.1 Å². The summed E-state index contributed by atoms with van der Waals surface area (Å²) in [7, 11) is -2.48. The number of halogens is 2. The van der Waals surface area contributed by atoms with Gasteiger partial charge in [-0.15, -0.1) is 18.1 Å². The minimum Gasteiger partial charge on any atom is -0.385 e. The van der Waals surface area contributed by atoms with Crippen LogP contribution in [-0.4, -0.2) is 47.9 Å². The molecule has 3 rings (SSSR count). The van der Waals surface area contributed by atoms with Gasteiger partial charge in [0.25, 0.3) is 0 Å². The van der Waals surface area contributed by atoms with Crippen LogP contribution in [0.15, 0.2) is 54.7 Å². The summed E-state index contributed by atoms with van der Waals surface area (Å²) >= 11 is 6.03. The van der Waals surface area contributed by atoms with Gasteiger partial charge in [-0.2, -0.15) is 5.10 Å². The molecule has 0 saturated carbocycles. The van der Waals surface area contributed by atoms with Crippen molar-refractivity contribution in [2.45, 2.75) is 18.4 Å². The second-order valence-electron chi connectivity index (χ2n) is 7.50. The molecule has 2 aromatic carbocycles. The summed E-state index contributed by atoms with van der Waals surface area (Å²) < 4.78 is 57.5. The second kappa shape index (κ2) is 12.7. The molecule has 0 saturated heterocycles. The first kappa shape index (κ1) is 27.5. The zero-order valence-electron chi connectivity index (χ0n) is 19.0. The molecule has 2 atom stereocenters. The molecule has 0 amide bonds. The van der Waals surface area contributed by atoms with E-state index >= 15 is 0 Å². The molecule has 9 nitrogen and oxygen atoms in total. The predicted molar refractivity (Wildman–Crippen MR) is 128 cm³/mol. The monoisotopic (exact) mass is 544 g/mol. The van der Waals surface area contributed by atoms with Gasteiger partial charge in [-0.05, 0) is 54.8 Å². The Labute approximate surface area is 208 Å². The van der Waals surface area contributed by atoms with Gasteiger partial charge in [0.2, 0.25) is 0 Å². The fourth-order valence-electron chi connectivity index (χ4n) is 3.18. The summed E-state index contributed by atoms with van der Waals surface area (Å²) in [6, 6.07) is 13.0. The molecule has 1 aromatic heterocycles. The van der Waals surface area contributed by atoms with Crippen molar-refractivity contribution in [1.82, 2.24) is 9.78 Å². The van der Waals surface area contributed by atoms with E-state index in [1.165, 1.54) is 26.4 Å². The Morgan fingerprint density at radius 1 is 1.00 bits per heavy atom. The van der Waals surface area contributed by atoms with Crippen molar-refractivity contribution < 1.29 is 36.7 Å². The molecule has 2 unspecified atom stereocenters. The Morgan fingerprint density at radius 2 is 1.57 bits per heavy atom. The van der Waals surface area contributed by atoms with Gasteiger partial charge in [0.1, 0.15) is 24.6 Å². The molecule has 0 aliphatic carbocycles. The quantitative estimate of drug-likeness (QED) is 0.276. The molecule has 0 bridgehead atoms. The lowest BCUT2D eigenvalue weighted by Crippen LogP contribution is -2.39. The van der Waals surface area contributed by atoms with Crippen LogP contribution in [0.25, 0.3) is 16.8 Å². The third-order valence-corrected chi connectivity index (χ3v) is 6.57. The van der Waals surface area contributed by atoms with Crippen LogP contribution in [0.1, 0.15) is 12.1 Å². The highest BCUT2D eigenvalue weighted by Crippen LogP contribution is 2.32. The lowest BCUT2D eigenvalue weighted by atomic mass is 9.96. The molecule has 0 radical (unpaired) electrons. The lowest BCUT2D eigenvalue weighted by Gasteiger charge is -2.22. The van der Waals surface area contributed by atoms with Gasteiger partial charge < -0.3 is 5.11 Å². The standard InChI is InChI=1S/C22H24ClFN2O7P2/c1-30-34(28)32-14-22(27,15-33-35(29)31-2)12-11-21-20(16-3-5-17(23)6-4-16)13-26(25-21)19-9-7-18(24)8-10-19/h3-10,13,27H,11-12,14-15H2,1-2H3/q+2. The number of benzene rings is 2. The van der Waals surface area contributed by atoms with E-state index in [2.05, 4.69) is 14.1 Å². The molecule has 0 aliphatic rings. The molecule has 3 aromatic rings. The molecule has 0 aliphatic heterocycles. The third-order valence-electron chi connectivity index (χ3n) is 5.04. The van der Waals surface area contributed by atoms with E-state index in [0.717, 1.165) is 11.1 Å². The van der Waals surface area contributed by atoms with Crippen LogP contribution in [0.5, 0.6) is 0 Å². The van der Waals surface area contributed by atoms with Gasteiger partial charge in [-0.3, -0.25) is 0 Å². The van der Waals surface area contributed by atoms with Crippen molar-refractivity contribution in [3.8, 4) is 16.8 Å². The number of hydrogen-bond acceptors (Lipinski definition) is 8. The van der Waals surface area contributed by atoms with Crippen LogP contribution < -0.4 is 0 Å². The van der Waals surface area contributed by atoms with Crippen LogP contribution in [0.3, 0.4) is 0 Å². The van der Waals surface area contributed by atoms with Gasteiger partial charge in [0.15, 0.2) is 0 Å². The summed E-state index contributed by atoms with van der Waals surface area (Å²) in [5, 5.41) is 16.3. The lowest BCUT2D eigenvalue weighted by molar-refractivity contribution is -0.0475. The maximum Gasteiger partial charge on any atom is 0.697 e. The third kappa shape index (κ3) is 7.93. The predicted octanol–water partition coefficient (Wildman–Crippen LogP) is 5.64. The van der Waals surface area contributed by atoms with E-state index in [1.807, 2.05) is 12.1 Å². The summed E-state index contributed by atoms with van der Waals surface area (Å²) in [5.74, 6) is -0.368. The van der Waals surface area contributed by atoms with Gasteiger partial charge in [0.05, 0.1) is 25.6 Å². The molecule has 186 valence electrons. The Morgan fingerprint density at radius 3 is 2.11 bits per heavy atom. The number of aryl methyl sites for hydroxylation is 1. The van der Waals surface area contributed by atoms with E-state index < -0.39 is 35.3 Å². The minimum absolute atomic E-state index is 0.0494. The smallest absolute Gasteiger partial charge is 0.385 e. The first-order valence-electron chi connectivity index (χ1n) is 10.3. The first-order chi connectivity index (χ1) is 16.7. The van der Waals surface area contributed by atoms with Crippen molar-refractivity contribution in [1.29, 1.82) is 0 Å². The molecular weight excluding hydrogens is 521 g/mol. The van der Waals surface area contributed by atoms with Crippen molar-refractivity contribution in [2.24, 2.45) is 0 Å². The SMILES string of the molecule is CO[P+](=O)OCC(O)(CCc1nn(-c2ccc(F)cc2)cc1-c1ccc(Cl)cc1)CO[P+](=O)OC. The van der Waals surface area contributed by atoms with Crippen molar-refractivity contribution in [3.05, 3.63) is 71.3 Å². The number of hydrogen-bond donors (Lipinski definition) is 1. The summed E-state index contributed by atoms with van der Waals surface area (Å²) in [6.07, 6.45) is 2.08. The van der Waals surface area contributed by atoms with E-state index in [-0.39, 0.29) is 18.7 Å². The zero-order valence-corrected chi connectivity index (χ0v) is 21.5. The largest absolute Gasteiger partial charge is 0.697 e. The van der Waals surface area contributed by atoms with Gasteiger partial charge in [-0.25, -0.2) is 9.07 Å². The van der Waals surface area contributed by atoms with Crippen LogP contribution >= 0.6 is 28.1 Å². The van der Waals surface area contributed by atoms with Crippen molar-refractivity contribution in [2.75, 3.05) is 27.4 Å². The zero-order chi connectivity index (χ0) is 25.4. The molecular formula is C22H24ClFN2O7P2+2. The van der Waals surface area contributed by atoms with Crippen molar-refractivity contribution >= 4 is 28.1 Å². The molecule has 0 spiro atoms. The number of nitrogens with zero attached hydrogens (tertiary/aromatic N) is 2. The highest BCUT2D eigenvalue weighted by Gasteiger charge is 2.37. The number of aliphatic hydroxyl groups is 1. The molecule has 1 heterocycles. The number of rotatable bonds is 13. The maximum atomic E-state index is 13.4. The fourth-order valence-corrected chi connectivity index (χ4v) is 4.21.